The van der Waals surface area contributed by atoms with Crippen molar-refractivity contribution in [2.24, 2.45) is 5.92 Å². The lowest BCUT2D eigenvalue weighted by atomic mass is 10.2. The molecule has 0 aromatic carbocycles. The van der Waals surface area contributed by atoms with Crippen LogP contribution in [0, 0.1) is 23.1 Å². The lowest BCUT2D eigenvalue weighted by Crippen LogP contribution is -2.30. The summed E-state index contributed by atoms with van der Waals surface area (Å²) < 4.78 is 13.9. The van der Waals surface area contributed by atoms with E-state index in [9.17, 15) is 4.39 Å². The quantitative estimate of drug-likeness (QED) is 0.792. The first-order valence-electron chi connectivity index (χ1n) is 6.96. The number of hydrogen-bond donors (Lipinski definition) is 1. The molecule has 0 radical (unpaired) electrons. The predicted octanol–water partition coefficient (Wildman–Crippen LogP) is 2.81. The molecule has 1 N–H and O–H groups in total. The lowest BCUT2D eigenvalue weighted by molar-refractivity contribution is 0.570. The van der Waals surface area contributed by atoms with Crippen LogP contribution in [0.25, 0.3) is 0 Å². The van der Waals surface area contributed by atoms with Crippen molar-refractivity contribution in [1.29, 1.82) is 5.26 Å². The van der Waals surface area contributed by atoms with Crippen molar-refractivity contribution in [3.8, 4) is 6.07 Å². The first kappa shape index (κ1) is 16.2. The number of nitriles is 1. The van der Waals surface area contributed by atoms with Gasteiger partial charge in [0, 0.05) is 19.6 Å². The third kappa shape index (κ3) is 5.00. The van der Waals surface area contributed by atoms with E-state index < -0.39 is 5.82 Å². The van der Waals surface area contributed by atoms with Gasteiger partial charge in [0.05, 0.1) is 18.7 Å². The molecule has 6 heteroatoms. The van der Waals surface area contributed by atoms with Crippen molar-refractivity contribution in [3.63, 3.8) is 0 Å². The first-order valence-corrected chi connectivity index (χ1v) is 6.96. The molecule has 0 saturated carbocycles. The summed E-state index contributed by atoms with van der Waals surface area (Å²) in [4.78, 5) is 9.97. The summed E-state index contributed by atoms with van der Waals surface area (Å²) in [5, 5.41) is 11.8. The van der Waals surface area contributed by atoms with E-state index in [2.05, 4.69) is 35.2 Å². The molecule has 1 aromatic rings. The van der Waals surface area contributed by atoms with E-state index in [0.717, 1.165) is 13.0 Å². The van der Waals surface area contributed by atoms with Crippen LogP contribution >= 0.6 is 0 Å². The maximum atomic E-state index is 13.9. The molecule has 0 fully saturated rings. The third-order valence-electron chi connectivity index (χ3n) is 2.64. The Balaban J connectivity index is 2.94. The zero-order valence-electron chi connectivity index (χ0n) is 12.4. The molecule has 0 amide bonds. The number of nitrogens with zero attached hydrogens (tertiary/aromatic N) is 4. The number of nitrogens with one attached hydrogen (secondary N) is 1. The van der Waals surface area contributed by atoms with Crippen LogP contribution in [0.4, 0.5) is 16.2 Å². The van der Waals surface area contributed by atoms with E-state index in [-0.39, 0.29) is 5.82 Å². The molecule has 0 aliphatic heterocycles. The van der Waals surface area contributed by atoms with Crippen molar-refractivity contribution in [2.45, 2.75) is 33.6 Å². The molecule has 110 valence electrons. The van der Waals surface area contributed by atoms with Gasteiger partial charge in [-0.05, 0) is 12.3 Å². The van der Waals surface area contributed by atoms with Gasteiger partial charge in [-0.2, -0.15) is 10.2 Å². The van der Waals surface area contributed by atoms with Gasteiger partial charge < -0.3 is 10.2 Å². The summed E-state index contributed by atoms with van der Waals surface area (Å²) in [6.07, 6.45) is 2.47. The van der Waals surface area contributed by atoms with Crippen molar-refractivity contribution in [1.82, 2.24) is 9.97 Å². The Morgan fingerprint density at radius 3 is 2.85 bits per heavy atom. The van der Waals surface area contributed by atoms with E-state index in [1.165, 1.54) is 6.20 Å². The first-order chi connectivity index (χ1) is 9.58. The number of rotatable bonds is 8. The molecule has 5 nitrogen and oxygen atoms in total. The molecule has 1 rings (SSSR count). The van der Waals surface area contributed by atoms with Crippen LogP contribution in [-0.2, 0) is 0 Å². The van der Waals surface area contributed by atoms with E-state index >= 15 is 0 Å². The van der Waals surface area contributed by atoms with Crippen molar-refractivity contribution >= 4 is 11.8 Å². The maximum Gasteiger partial charge on any atom is 0.224 e. The highest BCUT2D eigenvalue weighted by atomic mass is 19.1. The SMILES string of the molecule is CCCNc1ncc(F)c(N(CCC#N)CC(C)C)n1. The molecule has 0 saturated heterocycles. The summed E-state index contributed by atoms with van der Waals surface area (Å²) >= 11 is 0. The maximum absolute atomic E-state index is 13.9. The minimum Gasteiger partial charge on any atom is -0.354 e. The molecule has 20 heavy (non-hydrogen) atoms. The summed E-state index contributed by atoms with van der Waals surface area (Å²) in [7, 11) is 0. The summed E-state index contributed by atoms with van der Waals surface area (Å²) in [6.45, 7) is 8.00. The normalized spacial score (nSPS) is 10.4. The van der Waals surface area contributed by atoms with Gasteiger partial charge in [-0.3, -0.25) is 0 Å². The van der Waals surface area contributed by atoms with Crippen LogP contribution in [0.15, 0.2) is 6.20 Å². The largest absolute Gasteiger partial charge is 0.354 e. The molecule has 0 aliphatic rings. The zero-order chi connectivity index (χ0) is 15.0. The Morgan fingerprint density at radius 1 is 1.50 bits per heavy atom. The van der Waals surface area contributed by atoms with Crippen molar-refractivity contribution in [2.75, 3.05) is 29.9 Å². The van der Waals surface area contributed by atoms with Gasteiger partial charge in [0.2, 0.25) is 5.95 Å². The van der Waals surface area contributed by atoms with Crippen LogP contribution in [0.1, 0.15) is 33.6 Å². The number of halogens is 1. The smallest absolute Gasteiger partial charge is 0.224 e. The van der Waals surface area contributed by atoms with Gasteiger partial charge >= 0.3 is 0 Å². The second-order valence-electron chi connectivity index (χ2n) is 5.04. The molecule has 0 spiro atoms. The van der Waals surface area contributed by atoms with Crippen LogP contribution in [0.2, 0.25) is 0 Å². The van der Waals surface area contributed by atoms with E-state index in [4.69, 9.17) is 5.26 Å². The van der Waals surface area contributed by atoms with Crippen LogP contribution in [0.5, 0.6) is 0 Å². The molecule has 0 bridgehead atoms. The van der Waals surface area contributed by atoms with Crippen LogP contribution < -0.4 is 10.2 Å². The highest BCUT2D eigenvalue weighted by Gasteiger charge is 2.16. The Bertz CT molecular complexity index is 455. The molecule has 1 heterocycles. The number of aromatic nitrogens is 2. The third-order valence-corrected chi connectivity index (χ3v) is 2.64. The standard InChI is InChI=1S/C14H22FN5/c1-4-7-17-14-18-9-12(15)13(19-14)20(8-5-6-16)10-11(2)3/h9,11H,4-5,7-8,10H2,1-3H3,(H,17,18,19). The molecular weight excluding hydrogens is 257 g/mol. The predicted molar refractivity (Wildman–Crippen MR) is 78.1 cm³/mol. The fourth-order valence-corrected chi connectivity index (χ4v) is 1.81. The van der Waals surface area contributed by atoms with E-state index in [1.54, 1.807) is 0 Å². The fraction of sp³-hybridized carbons (Fsp3) is 0.643. The minimum absolute atomic E-state index is 0.266. The van der Waals surface area contributed by atoms with E-state index in [1.807, 2.05) is 11.8 Å². The summed E-state index contributed by atoms with van der Waals surface area (Å²) in [5.74, 6) is 0.595. The summed E-state index contributed by atoms with van der Waals surface area (Å²) in [5.41, 5.74) is 0. The fourth-order valence-electron chi connectivity index (χ4n) is 1.81. The zero-order valence-corrected chi connectivity index (χ0v) is 12.4. The van der Waals surface area contributed by atoms with Crippen molar-refractivity contribution in [3.05, 3.63) is 12.0 Å². The highest BCUT2D eigenvalue weighted by Crippen LogP contribution is 2.19. The molecule has 0 atom stereocenters. The topological polar surface area (TPSA) is 64.8 Å². The van der Waals surface area contributed by atoms with Crippen LogP contribution in [-0.4, -0.2) is 29.6 Å². The van der Waals surface area contributed by atoms with Gasteiger partial charge in [-0.15, -0.1) is 0 Å². The van der Waals surface area contributed by atoms with Crippen molar-refractivity contribution < 1.29 is 4.39 Å². The number of anilines is 2. The Hall–Kier alpha value is -1.90. The average Bonchev–Trinajstić information content (AvgIpc) is 2.42. The molecule has 1 aromatic heterocycles. The minimum atomic E-state index is -0.453. The second kappa shape index (κ2) is 8.31. The molecule has 0 unspecified atom stereocenters. The lowest BCUT2D eigenvalue weighted by Gasteiger charge is -2.25. The van der Waals surface area contributed by atoms with Gasteiger partial charge in [-0.1, -0.05) is 20.8 Å². The van der Waals surface area contributed by atoms with Gasteiger partial charge in [-0.25, -0.2) is 9.37 Å². The summed E-state index contributed by atoms with van der Waals surface area (Å²) in [6, 6.07) is 2.09. The number of hydrogen-bond acceptors (Lipinski definition) is 5. The average molecular weight is 279 g/mol. The van der Waals surface area contributed by atoms with Crippen LogP contribution in [0.3, 0.4) is 0 Å². The Labute approximate surface area is 119 Å². The molecular formula is C14H22FN5. The Morgan fingerprint density at radius 2 is 2.25 bits per heavy atom. The van der Waals surface area contributed by atoms with Gasteiger partial charge in [0.15, 0.2) is 11.6 Å². The second-order valence-corrected chi connectivity index (χ2v) is 5.04. The Kier molecular flexibility index (Phi) is 6.71. The van der Waals surface area contributed by atoms with Gasteiger partial charge in [0.1, 0.15) is 0 Å². The highest BCUT2D eigenvalue weighted by molar-refractivity contribution is 5.44. The van der Waals surface area contributed by atoms with Gasteiger partial charge in [0.25, 0.3) is 0 Å². The molecule has 0 aliphatic carbocycles. The van der Waals surface area contributed by atoms with E-state index in [0.29, 0.717) is 31.4 Å². The monoisotopic (exact) mass is 279 g/mol.